The van der Waals surface area contributed by atoms with Crippen LogP contribution < -0.4 is 14.2 Å². The van der Waals surface area contributed by atoms with Crippen molar-refractivity contribution in [2.24, 2.45) is 0 Å². The number of carbonyl (C=O) groups is 2. The highest BCUT2D eigenvalue weighted by atomic mass is 16.5. The maximum Gasteiger partial charge on any atom is 0.295 e. The zero-order chi connectivity index (χ0) is 27.8. The predicted octanol–water partition coefficient (Wildman–Crippen LogP) is 5.94. The lowest BCUT2D eigenvalue weighted by Crippen LogP contribution is -2.31. The lowest BCUT2D eigenvalue weighted by atomic mass is 9.94. The highest BCUT2D eigenvalue weighted by molar-refractivity contribution is 6.46. The number of aliphatic hydroxyl groups excluding tert-OH is 1. The number of benzene rings is 3. The fourth-order valence-corrected chi connectivity index (χ4v) is 4.76. The number of hydrogen-bond donors (Lipinski definition) is 1. The zero-order valence-electron chi connectivity index (χ0n) is 22.7. The molecule has 0 radical (unpaired) electrons. The summed E-state index contributed by atoms with van der Waals surface area (Å²) in [6.07, 6.45) is 3.66. The third-order valence-corrected chi connectivity index (χ3v) is 6.90. The number of likely N-dealkylation sites (tertiary alicyclic amines) is 1. The molecule has 1 heterocycles. The van der Waals surface area contributed by atoms with Crippen LogP contribution in [0.15, 0.2) is 78.4 Å². The summed E-state index contributed by atoms with van der Waals surface area (Å²) in [5.74, 6) is 0.105. The van der Waals surface area contributed by atoms with Crippen molar-refractivity contribution in [2.45, 2.75) is 38.6 Å². The topological polar surface area (TPSA) is 85.3 Å². The Morgan fingerprint density at radius 3 is 2.31 bits per heavy atom. The van der Waals surface area contributed by atoms with Gasteiger partial charge in [0.05, 0.1) is 32.4 Å². The van der Waals surface area contributed by atoms with Gasteiger partial charge in [0, 0.05) is 12.1 Å². The average Bonchev–Trinajstić information content (AvgIpc) is 3.23. The van der Waals surface area contributed by atoms with E-state index >= 15 is 0 Å². The average molecular weight is 530 g/mol. The molecule has 1 aliphatic heterocycles. The summed E-state index contributed by atoms with van der Waals surface area (Å²) in [7, 11) is 3.11. The molecule has 1 fully saturated rings. The summed E-state index contributed by atoms with van der Waals surface area (Å²) >= 11 is 0. The smallest absolute Gasteiger partial charge is 0.295 e. The van der Waals surface area contributed by atoms with Crippen LogP contribution in [0.5, 0.6) is 17.2 Å². The summed E-state index contributed by atoms with van der Waals surface area (Å²) in [4.78, 5) is 28.2. The number of methoxy groups -OCH3 is 2. The second-order valence-corrected chi connectivity index (χ2v) is 9.42. The maximum atomic E-state index is 13.4. The third-order valence-electron chi connectivity index (χ3n) is 6.90. The highest BCUT2D eigenvalue weighted by Crippen LogP contribution is 2.42. The first-order valence-corrected chi connectivity index (χ1v) is 13.3. The Morgan fingerprint density at radius 2 is 1.64 bits per heavy atom. The predicted molar refractivity (Wildman–Crippen MR) is 150 cm³/mol. The van der Waals surface area contributed by atoms with Gasteiger partial charge in [-0.1, -0.05) is 56.2 Å². The molecule has 1 saturated heterocycles. The van der Waals surface area contributed by atoms with Crippen LogP contribution >= 0.6 is 0 Å². The van der Waals surface area contributed by atoms with Gasteiger partial charge in [0.25, 0.3) is 11.7 Å². The molecule has 39 heavy (non-hydrogen) atoms. The molecule has 1 aliphatic rings. The van der Waals surface area contributed by atoms with Gasteiger partial charge in [0.15, 0.2) is 11.5 Å². The summed E-state index contributed by atoms with van der Waals surface area (Å²) < 4.78 is 16.8. The largest absolute Gasteiger partial charge is 0.507 e. The standard InChI is InChI=1S/C32H35NO6/c1-4-5-9-20-39-26-17-14-24(21-27(26)38-3)29-28(30(34)23-12-15-25(37-2)16-13-23)31(35)32(36)33(29)19-18-22-10-7-6-8-11-22/h6-8,10-17,21,29,34H,4-5,9,18-20H2,1-3H3/b30-28+. The van der Waals surface area contributed by atoms with Crippen LogP contribution in [0.1, 0.15) is 48.9 Å². The fourth-order valence-electron chi connectivity index (χ4n) is 4.76. The molecular weight excluding hydrogens is 494 g/mol. The van der Waals surface area contributed by atoms with Gasteiger partial charge in [-0.25, -0.2) is 0 Å². The molecule has 204 valence electrons. The lowest BCUT2D eigenvalue weighted by molar-refractivity contribution is -0.139. The molecule has 1 N–H and O–H groups in total. The Bertz CT molecular complexity index is 1320. The normalized spacial score (nSPS) is 16.4. The quantitative estimate of drug-likeness (QED) is 0.135. The first kappa shape index (κ1) is 27.8. The van der Waals surface area contributed by atoms with Crippen molar-refractivity contribution >= 4 is 17.4 Å². The minimum absolute atomic E-state index is 0.0388. The van der Waals surface area contributed by atoms with E-state index in [2.05, 4.69) is 6.92 Å². The fraction of sp³-hybridized carbons (Fsp3) is 0.312. The van der Waals surface area contributed by atoms with Crippen LogP contribution in [-0.2, 0) is 16.0 Å². The van der Waals surface area contributed by atoms with Crippen LogP contribution in [0, 0.1) is 0 Å². The Labute approximate surface area is 229 Å². The Hall–Kier alpha value is -4.26. The number of amides is 1. The van der Waals surface area contributed by atoms with Crippen LogP contribution in [0.3, 0.4) is 0 Å². The number of Topliss-reactive ketones (excluding diaryl/α,β-unsaturated/α-hetero) is 1. The number of rotatable bonds is 12. The van der Waals surface area contributed by atoms with Gasteiger partial charge in [-0.15, -0.1) is 0 Å². The number of hydrogen-bond acceptors (Lipinski definition) is 6. The summed E-state index contributed by atoms with van der Waals surface area (Å²) in [5.41, 5.74) is 2.15. The van der Waals surface area contributed by atoms with Crippen molar-refractivity contribution in [3.8, 4) is 17.2 Å². The molecule has 7 nitrogen and oxygen atoms in total. The van der Waals surface area contributed by atoms with Crippen LogP contribution in [0.25, 0.3) is 5.76 Å². The third kappa shape index (κ3) is 6.25. The van der Waals surface area contributed by atoms with E-state index in [0.29, 0.717) is 47.9 Å². The Kier molecular flexibility index (Phi) is 9.26. The van der Waals surface area contributed by atoms with Gasteiger partial charge < -0.3 is 24.2 Å². The number of carbonyl (C=O) groups excluding carboxylic acids is 2. The number of unbranched alkanes of at least 4 members (excludes halogenated alkanes) is 2. The molecule has 7 heteroatoms. The minimum atomic E-state index is -0.793. The van der Waals surface area contributed by atoms with Gasteiger partial charge in [0.1, 0.15) is 11.5 Å². The van der Waals surface area contributed by atoms with Gasteiger partial charge in [-0.05, 0) is 60.4 Å². The first-order chi connectivity index (χ1) is 19.0. The number of ether oxygens (including phenoxy) is 3. The van der Waals surface area contributed by atoms with E-state index in [1.54, 1.807) is 50.6 Å². The summed E-state index contributed by atoms with van der Waals surface area (Å²) in [6, 6.07) is 21.1. The van der Waals surface area contributed by atoms with Crippen molar-refractivity contribution < 1.29 is 28.9 Å². The van der Waals surface area contributed by atoms with E-state index in [9.17, 15) is 14.7 Å². The minimum Gasteiger partial charge on any atom is -0.507 e. The van der Waals surface area contributed by atoms with E-state index < -0.39 is 17.7 Å². The second-order valence-electron chi connectivity index (χ2n) is 9.42. The number of nitrogens with zero attached hydrogens (tertiary/aromatic N) is 1. The molecule has 0 saturated carbocycles. The van der Waals surface area contributed by atoms with Crippen LogP contribution in [-0.4, -0.2) is 49.1 Å². The second kappa shape index (κ2) is 13.0. The summed E-state index contributed by atoms with van der Waals surface area (Å²) in [5, 5.41) is 11.3. The SMILES string of the molecule is CCCCCOc1ccc(C2/C(=C(\O)c3ccc(OC)cc3)C(=O)C(=O)N2CCc2ccccc2)cc1OC. The number of aliphatic hydroxyl groups is 1. The van der Waals surface area contributed by atoms with Gasteiger partial charge in [-0.3, -0.25) is 9.59 Å². The molecule has 3 aromatic rings. The molecule has 1 atom stereocenters. The van der Waals surface area contributed by atoms with Crippen molar-refractivity contribution in [1.29, 1.82) is 0 Å². The van der Waals surface area contributed by atoms with Crippen LogP contribution in [0.2, 0.25) is 0 Å². The van der Waals surface area contributed by atoms with Crippen molar-refractivity contribution in [1.82, 2.24) is 4.90 Å². The first-order valence-electron chi connectivity index (χ1n) is 13.3. The molecule has 0 aliphatic carbocycles. The van der Waals surface area contributed by atoms with Crippen molar-refractivity contribution in [2.75, 3.05) is 27.4 Å². The molecule has 4 rings (SSSR count). The number of ketones is 1. The van der Waals surface area contributed by atoms with Crippen LogP contribution in [0.4, 0.5) is 0 Å². The molecule has 3 aromatic carbocycles. The van der Waals surface area contributed by atoms with E-state index in [-0.39, 0.29) is 11.3 Å². The van der Waals surface area contributed by atoms with Crippen molar-refractivity contribution in [3.63, 3.8) is 0 Å². The molecular formula is C32H35NO6. The van der Waals surface area contributed by atoms with Gasteiger partial charge in [0.2, 0.25) is 0 Å². The maximum absolute atomic E-state index is 13.4. The molecule has 1 amide bonds. The molecule has 0 bridgehead atoms. The Balaban J connectivity index is 1.75. The highest BCUT2D eigenvalue weighted by Gasteiger charge is 2.46. The van der Waals surface area contributed by atoms with E-state index in [1.807, 2.05) is 36.4 Å². The molecule has 0 spiro atoms. The summed E-state index contributed by atoms with van der Waals surface area (Å²) in [6.45, 7) is 3.00. The molecule has 1 unspecified atom stereocenters. The zero-order valence-corrected chi connectivity index (χ0v) is 22.7. The lowest BCUT2D eigenvalue weighted by Gasteiger charge is -2.26. The van der Waals surface area contributed by atoms with Crippen molar-refractivity contribution in [3.05, 3.63) is 95.1 Å². The van der Waals surface area contributed by atoms with E-state index in [4.69, 9.17) is 14.2 Å². The monoisotopic (exact) mass is 529 g/mol. The van der Waals surface area contributed by atoms with Gasteiger partial charge >= 0.3 is 0 Å². The Morgan fingerprint density at radius 1 is 0.897 bits per heavy atom. The van der Waals surface area contributed by atoms with Gasteiger partial charge in [-0.2, -0.15) is 0 Å². The van der Waals surface area contributed by atoms with E-state index in [1.165, 1.54) is 4.90 Å². The molecule has 0 aromatic heterocycles. The van der Waals surface area contributed by atoms with E-state index in [0.717, 1.165) is 24.8 Å².